The third-order valence-electron chi connectivity index (χ3n) is 3.41. The van der Waals surface area contributed by atoms with E-state index in [9.17, 15) is 8.42 Å². The molecule has 21 heavy (non-hydrogen) atoms. The van der Waals surface area contributed by atoms with E-state index in [4.69, 9.17) is 5.73 Å². The van der Waals surface area contributed by atoms with Gasteiger partial charge in [-0.15, -0.1) is 11.3 Å². The van der Waals surface area contributed by atoms with Gasteiger partial charge in [0.05, 0.1) is 0 Å². The molecule has 2 rings (SSSR count). The molecule has 0 bridgehead atoms. The molecule has 0 saturated heterocycles. The van der Waals surface area contributed by atoms with E-state index in [0.29, 0.717) is 31.1 Å². The maximum atomic E-state index is 12.8. The number of hydrogen-bond donors (Lipinski definition) is 1. The Kier molecular flexibility index (Phi) is 5.21. The summed E-state index contributed by atoms with van der Waals surface area (Å²) in [6, 6.07) is 5.56. The molecular weight excluding hydrogens is 306 g/mol. The second kappa shape index (κ2) is 6.74. The Morgan fingerprint density at radius 2 is 2.14 bits per heavy atom. The highest BCUT2D eigenvalue weighted by molar-refractivity contribution is 7.89. The van der Waals surface area contributed by atoms with Crippen molar-refractivity contribution < 1.29 is 8.42 Å². The zero-order valence-corrected chi connectivity index (χ0v) is 14.0. The van der Waals surface area contributed by atoms with E-state index < -0.39 is 10.0 Å². The van der Waals surface area contributed by atoms with E-state index in [2.05, 4.69) is 0 Å². The van der Waals surface area contributed by atoms with Crippen molar-refractivity contribution in [2.75, 3.05) is 6.54 Å². The molecule has 0 radical (unpaired) electrons. The number of hydrogen-bond acceptors (Lipinski definition) is 4. The number of aromatic nitrogens is 1. The highest BCUT2D eigenvalue weighted by atomic mass is 32.2. The van der Waals surface area contributed by atoms with Gasteiger partial charge in [0, 0.05) is 42.9 Å². The molecule has 0 saturated carbocycles. The van der Waals surface area contributed by atoms with Gasteiger partial charge < -0.3 is 10.3 Å². The maximum Gasteiger partial charge on any atom is 0.244 e. The van der Waals surface area contributed by atoms with Crippen molar-refractivity contribution in [3.63, 3.8) is 0 Å². The van der Waals surface area contributed by atoms with Crippen molar-refractivity contribution in [2.45, 2.75) is 38.4 Å². The first-order valence-electron chi connectivity index (χ1n) is 6.94. The molecule has 0 aliphatic heterocycles. The van der Waals surface area contributed by atoms with Crippen molar-refractivity contribution >= 4 is 21.4 Å². The monoisotopic (exact) mass is 327 g/mol. The van der Waals surface area contributed by atoms with Crippen LogP contribution in [0.3, 0.4) is 0 Å². The van der Waals surface area contributed by atoms with Gasteiger partial charge in [0.2, 0.25) is 10.0 Å². The minimum absolute atomic E-state index is 0.322. The SMILES string of the molecule is CCN(Cc1cccs1)S(=O)(=O)c1cc(CN)n(CC)c1. The third kappa shape index (κ3) is 3.37. The van der Waals surface area contributed by atoms with Crippen LogP contribution in [-0.2, 0) is 29.7 Å². The van der Waals surface area contributed by atoms with Gasteiger partial charge in [-0.25, -0.2) is 8.42 Å². The van der Waals surface area contributed by atoms with E-state index in [1.54, 1.807) is 23.6 Å². The minimum Gasteiger partial charge on any atom is -0.349 e. The molecule has 2 aromatic heterocycles. The molecule has 0 atom stereocenters. The zero-order chi connectivity index (χ0) is 15.5. The van der Waals surface area contributed by atoms with Crippen LogP contribution in [0.15, 0.2) is 34.7 Å². The van der Waals surface area contributed by atoms with Crippen LogP contribution in [0, 0.1) is 0 Å². The normalized spacial score (nSPS) is 12.2. The summed E-state index contributed by atoms with van der Waals surface area (Å²) in [4.78, 5) is 1.36. The van der Waals surface area contributed by atoms with Crippen LogP contribution in [-0.4, -0.2) is 23.8 Å². The average Bonchev–Trinajstić information content (AvgIpc) is 3.13. The van der Waals surface area contributed by atoms with Crippen LogP contribution in [0.2, 0.25) is 0 Å². The van der Waals surface area contributed by atoms with Gasteiger partial charge in [-0.3, -0.25) is 0 Å². The Bertz CT molecular complexity index is 654. The number of rotatable bonds is 7. The first-order chi connectivity index (χ1) is 10.0. The van der Waals surface area contributed by atoms with E-state index >= 15 is 0 Å². The third-order valence-corrected chi connectivity index (χ3v) is 6.16. The quantitative estimate of drug-likeness (QED) is 0.848. The fourth-order valence-corrected chi connectivity index (χ4v) is 4.52. The topological polar surface area (TPSA) is 68.3 Å². The summed E-state index contributed by atoms with van der Waals surface area (Å²) in [6.45, 7) is 5.71. The van der Waals surface area contributed by atoms with E-state index in [0.717, 1.165) is 10.6 Å². The van der Waals surface area contributed by atoms with Gasteiger partial charge >= 0.3 is 0 Å². The molecule has 0 fully saturated rings. The minimum atomic E-state index is -3.49. The first-order valence-corrected chi connectivity index (χ1v) is 9.26. The van der Waals surface area contributed by atoms with Crippen LogP contribution < -0.4 is 5.73 Å². The Balaban J connectivity index is 2.32. The van der Waals surface area contributed by atoms with Gasteiger partial charge in [0.1, 0.15) is 4.90 Å². The fourth-order valence-electron chi connectivity index (χ4n) is 2.22. The van der Waals surface area contributed by atoms with Crippen molar-refractivity contribution in [1.82, 2.24) is 8.87 Å². The summed E-state index contributed by atoms with van der Waals surface area (Å²) in [5.74, 6) is 0. The second-order valence-corrected chi connectivity index (χ2v) is 7.64. The molecule has 5 nitrogen and oxygen atoms in total. The lowest BCUT2D eigenvalue weighted by Gasteiger charge is -2.18. The largest absolute Gasteiger partial charge is 0.349 e. The Morgan fingerprint density at radius 3 is 2.62 bits per heavy atom. The lowest BCUT2D eigenvalue weighted by molar-refractivity contribution is 0.426. The molecule has 2 N–H and O–H groups in total. The van der Waals surface area contributed by atoms with Crippen molar-refractivity contribution in [3.8, 4) is 0 Å². The molecule has 0 aliphatic rings. The molecule has 2 aromatic rings. The summed E-state index contributed by atoms with van der Waals surface area (Å²) in [5.41, 5.74) is 6.51. The summed E-state index contributed by atoms with van der Waals surface area (Å²) in [7, 11) is -3.49. The van der Waals surface area contributed by atoms with Gasteiger partial charge in [0.15, 0.2) is 0 Å². The van der Waals surface area contributed by atoms with Gasteiger partial charge in [-0.05, 0) is 24.4 Å². The van der Waals surface area contributed by atoms with E-state index in [-0.39, 0.29) is 0 Å². The van der Waals surface area contributed by atoms with Gasteiger partial charge in [0.25, 0.3) is 0 Å². The molecule has 7 heteroatoms. The number of nitrogens with zero attached hydrogens (tertiary/aromatic N) is 2. The van der Waals surface area contributed by atoms with Crippen LogP contribution in [0.5, 0.6) is 0 Å². The van der Waals surface area contributed by atoms with Crippen molar-refractivity contribution in [1.29, 1.82) is 0 Å². The molecule has 0 unspecified atom stereocenters. The second-order valence-electron chi connectivity index (χ2n) is 4.67. The summed E-state index contributed by atoms with van der Waals surface area (Å²) < 4.78 is 28.9. The van der Waals surface area contributed by atoms with Crippen LogP contribution >= 0.6 is 11.3 Å². The molecule has 0 aliphatic carbocycles. The molecule has 0 spiro atoms. The van der Waals surface area contributed by atoms with Crippen LogP contribution in [0.1, 0.15) is 24.4 Å². The standard InChI is InChI=1S/C14H21N3O2S2/c1-3-16-11-14(8-12(16)9-15)21(18,19)17(4-2)10-13-6-5-7-20-13/h5-8,11H,3-4,9-10,15H2,1-2H3. The molecule has 0 amide bonds. The molecule has 0 aromatic carbocycles. The maximum absolute atomic E-state index is 12.8. The first kappa shape index (κ1) is 16.2. The summed E-state index contributed by atoms with van der Waals surface area (Å²) >= 11 is 1.56. The predicted octanol–water partition coefficient (Wildman–Crippen LogP) is 2.24. The summed E-state index contributed by atoms with van der Waals surface area (Å²) in [6.07, 6.45) is 1.68. The highest BCUT2D eigenvalue weighted by Crippen LogP contribution is 2.22. The average molecular weight is 327 g/mol. The van der Waals surface area contributed by atoms with E-state index in [1.165, 1.54) is 4.31 Å². The number of thiophene rings is 1. The van der Waals surface area contributed by atoms with Crippen LogP contribution in [0.25, 0.3) is 0 Å². The van der Waals surface area contributed by atoms with Crippen LogP contribution in [0.4, 0.5) is 0 Å². The molecular formula is C14H21N3O2S2. The molecule has 2 heterocycles. The predicted molar refractivity (Wildman–Crippen MR) is 85.6 cm³/mol. The van der Waals surface area contributed by atoms with Gasteiger partial charge in [-0.1, -0.05) is 13.0 Å². The zero-order valence-electron chi connectivity index (χ0n) is 12.3. The smallest absolute Gasteiger partial charge is 0.244 e. The number of nitrogens with two attached hydrogens (primary N) is 1. The van der Waals surface area contributed by atoms with Gasteiger partial charge in [-0.2, -0.15) is 4.31 Å². The number of sulfonamides is 1. The van der Waals surface area contributed by atoms with Crippen molar-refractivity contribution in [3.05, 3.63) is 40.3 Å². The number of aryl methyl sites for hydroxylation is 1. The Labute approximate surface area is 130 Å². The lowest BCUT2D eigenvalue weighted by Crippen LogP contribution is -2.29. The Hall–Kier alpha value is -1.15. The molecule has 116 valence electrons. The fraction of sp³-hybridized carbons (Fsp3) is 0.429. The van der Waals surface area contributed by atoms with Crippen molar-refractivity contribution in [2.24, 2.45) is 5.73 Å². The lowest BCUT2D eigenvalue weighted by atomic mass is 10.4. The van der Waals surface area contributed by atoms with E-state index in [1.807, 2.05) is 35.9 Å². The highest BCUT2D eigenvalue weighted by Gasteiger charge is 2.25. The Morgan fingerprint density at radius 1 is 1.38 bits per heavy atom. The summed E-state index contributed by atoms with van der Waals surface area (Å²) in [5, 5.41) is 1.95.